The summed E-state index contributed by atoms with van der Waals surface area (Å²) in [6.07, 6.45) is 5.09. The second-order valence-corrected chi connectivity index (χ2v) is 5.25. The number of carboxylic acid groups (broad SMARTS) is 1. The van der Waals surface area contributed by atoms with Gasteiger partial charge in [-0.1, -0.05) is 30.3 Å². The molecule has 1 unspecified atom stereocenters. The Hall–Kier alpha value is -2.43. The molecule has 5 heteroatoms. The van der Waals surface area contributed by atoms with E-state index in [0.717, 1.165) is 36.5 Å². The quantitative estimate of drug-likeness (QED) is 0.937. The van der Waals surface area contributed by atoms with Crippen molar-refractivity contribution < 1.29 is 9.90 Å². The Bertz CT molecular complexity index is 613. The number of nitrogens with zero attached hydrogens (tertiary/aromatic N) is 3. The van der Waals surface area contributed by atoms with Crippen LogP contribution in [0.4, 0.5) is 5.82 Å². The van der Waals surface area contributed by atoms with Gasteiger partial charge in [-0.3, -0.25) is 9.78 Å². The topological polar surface area (TPSA) is 66.3 Å². The summed E-state index contributed by atoms with van der Waals surface area (Å²) in [4.78, 5) is 22.0. The van der Waals surface area contributed by atoms with E-state index >= 15 is 0 Å². The van der Waals surface area contributed by atoms with Gasteiger partial charge in [-0.15, -0.1) is 0 Å². The highest BCUT2D eigenvalue weighted by atomic mass is 16.4. The molecule has 1 aliphatic heterocycles. The highest BCUT2D eigenvalue weighted by Crippen LogP contribution is 2.23. The average molecular weight is 283 g/mol. The second-order valence-electron chi connectivity index (χ2n) is 5.25. The standard InChI is InChI=1S/C16H17N3O2/c20-16(21)13-7-4-8-19(11-13)15-10-17-14(9-18-15)12-5-2-1-3-6-12/h1-3,5-6,9-10,13H,4,7-8,11H2,(H,20,21). The van der Waals surface area contributed by atoms with Crippen LogP contribution in [0, 0.1) is 5.92 Å². The van der Waals surface area contributed by atoms with Crippen LogP contribution in [-0.2, 0) is 4.79 Å². The molecule has 0 radical (unpaired) electrons. The first-order valence-corrected chi connectivity index (χ1v) is 7.09. The molecule has 2 aromatic rings. The van der Waals surface area contributed by atoms with Crippen molar-refractivity contribution in [2.24, 2.45) is 5.92 Å². The van der Waals surface area contributed by atoms with Gasteiger partial charge in [0.1, 0.15) is 5.82 Å². The lowest BCUT2D eigenvalue weighted by molar-refractivity contribution is -0.141. The molecule has 1 aromatic heterocycles. The van der Waals surface area contributed by atoms with E-state index in [1.165, 1.54) is 0 Å². The summed E-state index contributed by atoms with van der Waals surface area (Å²) in [5.74, 6) is -0.288. The van der Waals surface area contributed by atoms with Crippen LogP contribution in [-0.4, -0.2) is 34.1 Å². The number of hydrogen-bond donors (Lipinski definition) is 1. The first kappa shape index (κ1) is 13.5. The number of hydrogen-bond acceptors (Lipinski definition) is 4. The summed E-state index contributed by atoms with van der Waals surface area (Å²) in [5.41, 5.74) is 1.85. The van der Waals surface area contributed by atoms with Crippen molar-refractivity contribution in [1.82, 2.24) is 9.97 Å². The van der Waals surface area contributed by atoms with Crippen LogP contribution in [0.25, 0.3) is 11.3 Å². The normalized spacial score (nSPS) is 18.5. The maximum Gasteiger partial charge on any atom is 0.308 e. The molecule has 0 spiro atoms. The number of rotatable bonds is 3. The van der Waals surface area contributed by atoms with Crippen molar-refractivity contribution in [3.8, 4) is 11.3 Å². The van der Waals surface area contributed by atoms with Crippen LogP contribution in [0.3, 0.4) is 0 Å². The fourth-order valence-electron chi connectivity index (χ4n) is 2.63. The molecule has 108 valence electrons. The smallest absolute Gasteiger partial charge is 0.308 e. The lowest BCUT2D eigenvalue weighted by Gasteiger charge is -2.31. The Labute approximate surface area is 123 Å². The Morgan fingerprint density at radius 2 is 2.00 bits per heavy atom. The highest BCUT2D eigenvalue weighted by Gasteiger charge is 2.26. The van der Waals surface area contributed by atoms with Crippen LogP contribution >= 0.6 is 0 Å². The SMILES string of the molecule is O=C(O)C1CCCN(c2cnc(-c3ccccc3)cn2)C1. The predicted octanol–water partition coefficient (Wildman–Crippen LogP) is 2.44. The fourth-order valence-corrected chi connectivity index (χ4v) is 2.63. The third-order valence-electron chi connectivity index (χ3n) is 3.80. The number of carboxylic acids is 1. The van der Waals surface area contributed by atoms with E-state index in [4.69, 9.17) is 5.11 Å². The van der Waals surface area contributed by atoms with Gasteiger partial charge in [0.25, 0.3) is 0 Å². The zero-order valence-electron chi connectivity index (χ0n) is 11.6. The van der Waals surface area contributed by atoms with Crippen LogP contribution in [0.1, 0.15) is 12.8 Å². The molecule has 1 fully saturated rings. The molecule has 1 atom stereocenters. The summed E-state index contributed by atoms with van der Waals surface area (Å²) in [6.45, 7) is 1.35. The molecule has 0 amide bonds. The van der Waals surface area contributed by atoms with Gasteiger partial charge in [0.15, 0.2) is 0 Å². The van der Waals surface area contributed by atoms with Gasteiger partial charge in [-0.2, -0.15) is 0 Å². The van der Waals surface area contributed by atoms with Crippen molar-refractivity contribution in [3.05, 3.63) is 42.7 Å². The first-order chi connectivity index (χ1) is 10.2. The molecule has 0 saturated carbocycles. The van der Waals surface area contributed by atoms with Crippen LogP contribution in [0.2, 0.25) is 0 Å². The first-order valence-electron chi connectivity index (χ1n) is 7.09. The lowest BCUT2D eigenvalue weighted by Crippen LogP contribution is -2.39. The number of benzene rings is 1. The summed E-state index contributed by atoms with van der Waals surface area (Å²) in [5, 5.41) is 9.13. The molecule has 2 heterocycles. The van der Waals surface area contributed by atoms with Crippen molar-refractivity contribution in [1.29, 1.82) is 0 Å². The van der Waals surface area contributed by atoms with Crippen LogP contribution in [0.15, 0.2) is 42.7 Å². The van der Waals surface area contributed by atoms with Gasteiger partial charge in [0.05, 0.1) is 24.0 Å². The Morgan fingerprint density at radius 1 is 1.19 bits per heavy atom. The van der Waals surface area contributed by atoms with Crippen molar-refractivity contribution >= 4 is 11.8 Å². The molecular formula is C16H17N3O2. The van der Waals surface area contributed by atoms with Gasteiger partial charge >= 0.3 is 5.97 Å². The molecule has 21 heavy (non-hydrogen) atoms. The maximum absolute atomic E-state index is 11.1. The van der Waals surface area contributed by atoms with E-state index in [1.54, 1.807) is 12.4 Å². The van der Waals surface area contributed by atoms with Crippen molar-refractivity contribution in [2.75, 3.05) is 18.0 Å². The molecular weight excluding hydrogens is 266 g/mol. The van der Waals surface area contributed by atoms with Gasteiger partial charge in [0.2, 0.25) is 0 Å². The van der Waals surface area contributed by atoms with Gasteiger partial charge in [0, 0.05) is 18.7 Å². The molecule has 5 nitrogen and oxygen atoms in total. The van der Waals surface area contributed by atoms with Crippen molar-refractivity contribution in [3.63, 3.8) is 0 Å². The average Bonchev–Trinajstić information content (AvgIpc) is 2.56. The number of aromatic nitrogens is 2. The van der Waals surface area contributed by atoms with E-state index < -0.39 is 5.97 Å². The van der Waals surface area contributed by atoms with Crippen LogP contribution < -0.4 is 4.90 Å². The van der Waals surface area contributed by atoms with Gasteiger partial charge in [-0.25, -0.2) is 4.98 Å². The molecule has 1 saturated heterocycles. The molecule has 0 bridgehead atoms. The zero-order chi connectivity index (χ0) is 14.7. The summed E-state index contributed by atoms with van der Waals surface area (Å²) in [7, 11) is 0. The number of aliphatic carboxylic acids is 1. The Balaban J connectivity index is 1.76. The summed E-state index contributed by atoms with van der Waals surface area (Å²) < 4.78 is 0. The van der Waals surface area contributed by atoms with E-state index in [-0.39, 0.29) is 5.92 Å². The van der Waals surface area contributed by atoms with Crippen molar-refractivity contribution in [2.45, 2.75) is 12.8 Å². The predicted molar refractivity (Wildman–Crippen MR) is 80.0 cm³/mol. The van der Waals surface area contributed by atoms with E-state index in [0.29, 0.717) is 6.54 Å². The lowest BCUT2D eigenvalue weighted by atomic mass is 9.98. The monoisotopic (exact) mass is 283 g/mol. The number of piperidine rings is 1. The second kappa shape index (κ2) is 5.91. The minimum absolute atomic E-state index is 0.311. The highest BCUT2D eigenvalue weighted by molar-refractivity contribution is 5.71. The molecule has 1 aliphatic rings. The van der Waals surface area contributed by atoms with Crippen LogP contribution in [0.5, 0.6) is 0 Å². The molecule has 0 aliphatic carbocycles. The van der Waals surface area contributed by atoms with Gasteiger partial charge in [-0.05, 0) is 12.8 Å². The summed E-state index contributed by atoms with van der Waals surface area (Å²) in [6, 6.07) is 9.88. The maximum atomic E-state index is 11.1. The third kappa shape index (κ3) is 3.02. The number of carbonyl (C=O) groups is 1. The number of anilines is 1. The van der Waals surface area contributed by atoms with Gasteiger partial charge < -0.3 is 10.0 Å². The van der Waals surface area contributed by atoms with E-state index in [1.807, 2.05) is 35.2 Å². The zero-order valence-corrected chi connectivity index (χ0v) is 11.6. The minimum atomic E-state index is -0.728. The Morgan fingerprint density at radius 3 is 2.67 bits per heavy atom. The Kier molecular flexibility index (Phi) is 3.81. The third-order valence-corrected chi connectivity index (χ3v) is 3.80. The minimum Gasteiger partial charge on any atom is -0.481 e. The van der Waals surface area contributed by atoms with E-state index in [9.17, 15) is 4.79 Å². The summed E-state index contributed by atoms with van der Waals surface area (Å²) >= 11 is 0. The molecule has 3 rings (SSSR count). The molecule has 1 aromatic carbocycles. The molecule has 1 N–H and O–H groups in total. The largest absolute Gasteiger partial charge is 0.481 e. The fraction of sp³-hybridized carbons (Fsp3) is 0.312. The van der Waals surface area contributed by atoms with E-state index in [2.05, 4.69) is 9.97 Å².